The highest BCUT2D eigenvalue weighted by molar-refractivity contribution is 5.97. The van der Waals surface area contributed by atoms with Crippen LogP contribution in [0.25, 0.3) is 15.6 Å². The van der Waals surface area contributed by atoms with E-state index in [4.69, 9.17) is 21.3 Å². The lowest BCUT2D eigenvalue weighted by Gasteiger charge is -2.41. The molecule has 13 heteroatoms. The fourth-order valence-electron chi connectivity index (χ4n) is 7.76. The Morgan fingerprint density at radius 1 is 1.08 bits per heavy atom. The predicted molar refractivity (Wildman–Crippen MR) is 187 cm³/mol. The van der Waals surface area contributed by atoms with E-state index in [0.717, 1.165) is 23.5 Å². The summed E-state index contributed by atoms with van der Waals surface area (Å²) in [6, 6.07) is 11.9. The molecule has 50 heavy (non-hydrogen) atoms. The Morgan fingerprint density at radius 2 is 1.88 bits per heavy atom. The van der Waals surface area contributed by atoms with E-state index >= 15 is 0 Å². The van der Waals surface area contributed by atoms with Crippen molar-refractivity contribution < 1.29 is 22.7 Å². The first-order valence-corrected chi connectivity index (χ1v) is 17.3. The molecule has 3 aromatic rings. The van der Waals surface area contributed by atoms with Gasteiger partial charge in [-0.2, -0.15) is 9.97 Å². The number of hydrogen-bond acceptors (Lipinski definition) is 8. The molecular weight excluding hydrogens is 645 g/mol. The van der Waals surface area contributed by atoms with Gasteiger partial charge < -0.3 is 24.3 Å². The lowest BCUT2D eigenvalue weighted by atomic mass is 9.99. The maximum absolute atomic E-state index is 14.2. The fraction of sp³-hybridized carbons (Fsp3) is 0.514. The molecule has 0 aliphatic carbocycles. The summed E-state index contributed by atoms with van der Waals surface area (Å²) in [4.78, 5) is 36.4. The van der Waals surface area contributed by atoms with Gasteiger partial charge in [-0.25, -0.2) is 19.7 Å². The number of halogens is 3. The number of carbonyl (C=O) groups is 1. The number of amides is 1. The van der Waals surface area contributed by atoms with Crippen LogP contribution < -0.4 is 14.5 Å². The average molecular weight is 689 g/mol. The minimum Gasteiger partial charge on any atom is -0.462 e. The van der Waals surface area contributed by atoms with Crippen molar-refractivity contribution in [2.24, 2.45) is 0 Å². The van der Waals surface area contributed by atoms with Crippen LogP contribution in [-0.4, -0.2) is 127 Å². The molecule has 0 radical (unpaired) electrons. The zero-order valence-corrected chi connectivity index (χ0v) is 28.6. The molecule has 264 valence electrons. The van der Waals surface area contributed by atoms with Gasteiger partial charge in [0.2, 0.25) is 12.5 Å². The van der Waals surface area contributed by atoms with E-state index in [1.165, 1.54) is 22.4 Å². The summed E-state index contributed by atoms with van der Waals surface area (Å²) < 4.78 is 47.6. The molecule has 1 amide bonds. The maximum atomic E-state index is 14.2. The van der Waals surface area contributed by atoms with E-state index in [2.05, 4.69) is 58.0 Å². The SMILES string of the molecule is [C-]#[N+]C[C@H]1CN(c2nc(OC[C@@H]3CC(F)(F)CN3C)nc3c2CCN(c2cccc4cccc(C)c24)C3)CCN1C(=O)/C=C/CN1CC(F)C1. The second-order valence-electron chi connectivity index (χ2n) is 14.0. The van der Waals surface area contributed by atoms with Crippen molar-refractivity contribution in [3.63, 3.8) is 0 Å². The number of rotatable bonds is 9. The number of fused-ring (bicyclic) bond motifs is 2. The van der Waals surface area contributed by atoms with Crippen molar-refractivity contribution in [1.82, 2.24) is 24.7 Å². The minimum absolute atomic E-state index is 0.0366. The normalized spacial score (nSPS) is 22.9. The number of carbonyl (C=O) groups excluding carboxylic acids is 1. The van der Waals surface area contributed by atoms with Gasteiger partial charge in [-0.1, -0.05) is 36.4 Å². The first-order chi connectivity index (χ1) is 24.1. The maximum Gasteiger partial charge on any atom is 0.318 e. The highest BCUT2D eigenvalue weighted by Crippen LogP contribution is 2.36. The highest BCUT2D eigenvalue weighted by atomic mass is 19.3. The second-order valence-corrected chi connectivity index (χ2v) is 14.0. The molecule has 4 aliphatic rings. The summed E-state index contributed by atoms with van der Waals surface area (Å²) in [6.07, 6.45) is 2.89. The lowest BCUT2D eigenvalue weighted by Crippen LogP contribution is -2.56. The largest absolute Gasteiger partial charge is 0.462 e. The lowest BCUT2D eigenvalue weighted by molar-refractivity contribution is -0.128. The Morgan fingerprint density at radius 3 is 2.62 bits per heavy atom. The van der Waals surface area contributed by atoms with Gasteiger partial charge in [-0.3, -0.25) is 14.6 Å². The van der Waals surface area contributed by atoms with Gasteiger partial charge in [0.05, 0.1) is 18.8 Å². The average Bonchev–Trinajstić information content (AvgIpc) is 3.36. The molecule has 10 nitrogen and oxygen atoms in total. The predicted octanol–water partition coefficient (Wildman–Crippen LogP) is 4.37. The van der Waals surface area contributed by atoms with Crippen LogP contribution in [0, 0.1) is 13.5 Å². The number of anilines is 2. The van der Waals surface area contributed by atoms with Crippen molar-refractivity contribution in [2.45, 2.75) is 50.5 Å². The Kier molecular flexibility index (Phi) is 9.59. The second kappa shape index (κ2) is 14.1. The van der Waals surface area contributed by atoms with Gasteiger partial charge in [-0.05, 0) is 37.4 Å². The highest BCUT2D eigenvalue weighted by Gasteiger charge is 2.43. The van der Waals surface area contributed by atoms with Crippen LogP contribution in [0.15, 0.2) is 48.6 Å². The number of benzene rings is 2. The number of likely N-dealkylation sites (N-methyl/N-ethyl adjacent to an activating group) is 1. The van der Waals surface area contributed by atoms with Crippen LogP contribution in [0.3, 0.4) is 0 Å². The molecule has 4 aliphatic heterocycles. The van der Waals surface area contributed by atoms with Crippen molar-refractivity contribution in [3.05, 3.63) is 76.8 Å². The zero-order chi connectivity index (χ0) is 35.0. The van der Waals surface area contributed by atoms with Crippen LogP contribution in [0.1, 0.15) is 23.2 Å². The molecule has 0 spiro atoms. The molecule has 0 N–H and O–H groups in total. The number of aryl methyl sites for hydroxylation is 1. The third kappa shape index (κ3) is 7.09. The van der Waals surface area contributed by atoms with Crippen LogP contribution >= 0.6 is 0 Å². The standard InChI is InChI=1S/C37H43F3N8O2/c1-25-7-4-8-26-9-5-10-32(34(25)26)46-14-12-30-31(22-46)42-36(50-23-28-17-37(39,40)24-44(28)3)43-35(30)47-15-16-48(29(21-47)18-41-2)33(49)11-6-13-45-19-27(38)20-45/h4-11,27-29H,12-24H2,1,3H3/b11-6+/t28-,29-/m0/s1. The van der Waals surface area contributed by atoms with Crippen LogP contribution in [0.5, 0.6) is 6.01 Å². The first-order valence-electron chi connectivity index (χ1n) is 17.3. The molecule has 0 bridgehead atoms. The number of aromatic nitrogens is 2. The molecular formula is C37H43F3N8O2. The summed E-state index contributed by atoms with van der Waals surface area (Å²) >= 11 is 0. The number of piperazine rings is 1. The van der Waals surface area contributed by atoms with Gasteiger partial charge in [0.25, 0.3) is 5.92 Å². The molecule has 2 aromatic carbocycles. The van der Waals surface area contributed by atoms with Gasteiger partial charge in [0.1, 0.15) is 24.6 Å². The van der Waals surface area contributed by atoms with Crippen molar-refractivity contribution in [2.75, 3.05) is 82.4 Å². The summed E-state index contributed by atoms with van der Waals surface area (Å²) in [5.41, 5.74) is 4.13. The molecule has 0 unspecified atom stereocenters. The number of alkyl halides is 3. The Bertz CT molecular complexity index is 1800. The van der Waals surface area contributed by atoms with Crippen molar-refractivity contribution in [3.8, 4) is 6.01 Å². The fourth-order valence-corrected chi connectivity index (χ4v) is 7.76. The van der Waals surface area contributed by atoms with E-state index in [1.807, 2.05) is 4.90 Å². The molecule has 3 fully saturated rings. The molecule has 1 aromatic heterocycles. The first kappa shape index (κ1) is 34.1. The number of likely N-dealkylation sites (tertiary alicyclic amines) is 2. The van der Waals surface area contributed by atoms with Gasteiger partial charge in [-0.15, -0.1) is 0 Å². The summed E-state index contributed by atoms with van der Waals surface area (Å²) in [5, 5.41) is 2.36. The third-order valence-corrected chi connectivity index (χ3v) is 10.4. The topological polar surface area (TPSA) is 72.6 Å². The van der Waals surface area contributed by atoms with Crippen LogP contribution in [0.4, 0.5) is 24.7 Å². The molecule has 2 atom stereocenters. The molecule has 7 rings (SSSR count). The monoisotopic (exact) mass is 688 g/mol. The van der Waals surface area contributed by atoms with E-state index < -0.39 is 18.1 Å². The van der Waals surface area contributed by atoms with E-state index in [9.17, 15) is 18.0 Å². The van der Waals surface area contributed by atoms with Crippen molar-refractivity contribution in [1.29, 1.82) is 0 Å². The third-order valence-electron chi connectivity index (χ3n) is 10.4. The summed E-state index contributed by atoms with van der Waals surface area (Å²) in [6.45, 7) is 13.5. The molecule has 3 saturated heterocycles. The zero-order valence-electron chi connectivity index (χ0n) is 28.6. The Balaban J connectivity index is 1.15. The van der Waals surface area contributed by atoms with E-state index in [0.29, 0.717) is 58.1 Å². The smallest absolute Gasteiger partial charge is 0.318 e. The number of nitrogens with zero attached hydrogens (tertiary/aromatic N) is 8. The van der Waals surface area contributed by atoms with E-state index in [-0.39, 0.29) is 44.1 Å². The summed E-state index contributed by atoms with van der Waals surface area (Å²) in [5.74, 6) is -2.22. The van der Waals surface area contributed by atoms with Gasteiger partial charge >= 0.3 is 6.01 Å². The van der Waals surface area contributed by atoms with Gasteiger partial charge in [0.15, 0.2) is 0 Å². The minimum atomic E-state index is -2.77. The Labute approximate surface area is 290 Å². The number of ether oxygens (including phenoxy) is 1. The molecule has 0 saturated carbocycles. The number of hydrogen-bond donors (Lipinski definition) is 0. The summed E-state index contributed by atoms with van der Waals surface area (Å²) in [7, 11) is 1.68. The quantitative estimate of drug-likeness (QED) is 0.243. The van der Waals surface area contributed by atoms with Gasteiger partial charge in [0, 0.05) is 81.0 Å². The van der Waals surface area contributed by atoms with E-state index in [1.54, 1.807) is 22.9 Å². The van der Waals surface area contributed by atoms with Crippen molar-refractivity contribution >= 4 is 28.2 Å². The van der Waals surface area contributed by atoms with Crippen LogP contribution in [0.2, 0.25) is 0 Å². The Hall–Kier alpha value is -4.41. The molecule has 5 heterocycles. The van der Waals surface area contributed by atoms with Crippen LogP contribution in [-0.2, 0) is 17.8 Å².